The molecule has 0 spiro atoms. The summed E-state index contributed by atoms with van der Waals surface area (Å²) in [6.07, 6.45) is 5.14. The van der Waals surface area contributed by atoms with Gasteiger partial charge in [-0.25, -0.2) is 4.68 Å². The molecular weight excluding hydrogens is 308 g/mol. The summed E-state index contributed by atoms with van der Waals surface area (Å²) < 4.78 is 12.8. The van der Waals surface area contributed by atoms with Crippen LogP contribution in [0.4, 0.5) is 0 Å². The average Bonchev–Trinajstić information content (AvgIpc) is 3.07. The fraction of sp³-hybridized carbons (Fsp3) is 0.529. The van der Waals surface area contributed by atoms with Crippen molar-refractivity contribution in [3.63, 3.8) is 0 Å². The number of aliphatic hydroxyl groups is 1. The van der Waals surface area contributed by atoms with E-state index in [1.165, 1.54) is 0 Å². The number of benzene rings is 1. The molecule has 2 heterocycles. The first-order valence-electron chi connectivity index (χ1n) is 8.23. The van der Waals surface area contributed by atoms with Gasteiger partial charge in [0.25, 0.3) is 0 Å². The maximum absolute atomic E-state index is 10.8. The molecule has 1 atom stereocenters. The van der Waals surface area contributed by atoms with E-state index in [0.717, 1.165) is 37.4 Å². The minimum absolute atomic E-state index is 0.469. The molecule has 2 aromatic rings. The van der Waals surface area contributed by atoms with Crippen LogP contribution >= 0.6 is 0 Å². The lowest BCUT2D eigenvalue weighted by Gasteiger charge is -2.38. The van der Waals surface area contributed by atoms with Crippen LogP contribution in [-0.2, 0) is 6.54 Å². The fourth-order valence-electron chi connectivity index (χ4n) is 3.17. The summed E-state index contributed by atoms with van der Waals surface area (Å²) in [4.78, 5) is 2.23. The molecule has 1 unspecified atom stereocenters. The Morgan fingerprint density at radius 2 is 2.12 bits per heavy atom. The molecule has 7 heteroatoms. The zero-order valence-corrected chi connectivity index (χ0v) is 14.0. The lowest BCUT2D eigenvalue weighted by molar-refractivity contribution is -0.0476. The standard InChI is InChI=1S/C17H24N4O3/c1-23-15-5-2-3-6-16(15)24-12-11-20-9-4-7-17(22,13-20)14-21-10-8-18-19-21/h2-3,5-6,8,10,22H,4,7,9,11-14H2,1H3. The van der Waals surface area contributed by atoms with Crippen LogP contribution in [0.2, 0.25) is 0 Å². The number of aromatic nitrogens is 3. The summed E-state index contributed by atoms with van der Waals surface area (Å²) in [5, 5.41) is 18.6. The van der Waals surface area contributed by atoms with Crippen LogP contribution < -0.4 is 9.47 Å². The Hall–Kier alpha value is -2.12. The lowest BCUT2D eigenvalue weighted by atomic mass is 9.93. The molecule has 1 aliphatic heterocycles. The van der Waals surface area contributed by atoms with Crippen molar-refractivity contribution in [1.29, 1.82) is 0 Å². The highest BCUT2D eigenvalue weighted by atomic mass is 16.5. The van der Waals surface area contributed by atoms with Crippen molar-refractivity contribution in [3.05, 3.63) is 36.7 Å². The van der Waals surface area contributed by atoms with Crippen LogP contribution in [0.5, 0.6) is 11.5 Å². The van der Waals surface area contributed by atoms with E-state index in [0.29, 0.717) is 19.7 Å². The molecule has 1 aromatic carbocycles. The highest BCUT2D eigenvalue weighted by Crippen LogP contribution is 2.26. The number of hydrogen-bond acceptors (Lipinski definition) is 6. The Balaban J connectivity index is 1.50. The smallest absolute Gasteiger partial charge is 0.161 e. The first kappa shape index (κ1) is 16.7. The summed E-state index contributed by atoms with van der Waals surface area (Å²) in [5.41, 5.74) is -0.767. The number of methoxy groups -OCH3 is 1. The van der Waals surface area contributed by atoms with Gasteiger partial charge in [-0.1, -0.05) is 17.3 Å². The Morgan fingerprint density at radius 3 is 2.88 bits per heavy atom. The van der Waals surface area contributed by atoms with Gasteiger partial charge in [-0.15, -0.1) is 5.10 Å². The molecule has 3 rings (SSSR count). The molecule has 0 radical (unpaired) electrons. The van der Waals surface area contributed by atoms with Gasteiger partial charge in [-0.2, -0.15) is 0 Å². The Morgan fingerprint density at radius 1 is 1.29 bits per heavy atom. The van der Waals surface area contributed by atoms with Crippen molar-refractivity contribution < 1.29 is 14.6 Å². The summed E-state index contributed by atoms with van der Waals surface area (Å²) in [6.45, 7) is 3.37. The second-order valence-corrected chi connectivity index (χ2v) is 6.20. The number of para-hydroxylation sites is 2. The minimum atomic E-state index is -0.767. The molecule has 0 saturated carbocycles. The number of ether oxygens (including phenoxy) is 2. The van der Waals surface area contributed by atoms with Crippen LogP contribution in [0.1, 0.15) is 12.8 Å². The minimum Gasteiger partial charge on any atom is -0.493 e. The van der Waals surface area contributed by atoms with E-state index >= 15 is 0 Å². The molecular formula is C17H24N4O3. The molecule has 1 N–H and O–H groups in total. The number of rotatable bonds is 7. The third-order valence-corrected chi connectivity index (χ3v) is 4.30. The van der Waals surface area contributed by atoms with Crippen molar-refractivity contribution in [2.24, 2.45) is 0 Å². The molecule has 1 aliphatic rings. The van der Waals surface area contributed by atoms with Gasteiger partial charge in [0.15, 0.2) is 11.5 Å². The van der Waals surface area contributed by atoms with Crippen LogP contribution in [0, 0.1) is 0 Å². The molecule has 0 bridgehead atoms. The molecule has 0 amide bonds. The maximum atomic E-state index is 10.8. The van der Waals surface area contributed by atoms with Gasteiger partial charge < -0.3 is 14.6 Å². The zero-order valence-electron chi connectivity index (χ0n) is 14.0. The molecule has 1 aromatic heterocycles. The molecule has 0 aliphatic carbocycles. The van der Waals surface area contributed by atoms with Crippen LogP contribution in [-0.4, -0.2) is 64.0 Å². The monoisotopic (exact) mass is 332 g/mol. The number of piperidine rings is 1. The first-order valence-corrected chi connectivity index (χ1v) is 8.23. The van der Waals surface area contributed by atoms with E-state index < -0.39 is 5.60 Å². The van der Waals surface area contributed by atoms with E-state index in [1.807, 2.05) is 24.3 Å². The quantitative estimate of drug-likeness (QED) is 0.821. The first-order chi connectivity index (χ1) is 11.7. The summed E-state index contributed by atoms with van der Waals surface area (Å²) in [7, 11) is 1.64. The highest BCUT2D eigenvalue weighted by molar-refractivity contribution is 5.39. The van der Waals surface area contributed by atoms with E-state index in [4.69, 9.17) is 9.47 Å². The summed E-state index contributed by atoms with van der Waals surface area (Å²) in [5.74, 6) is 1.48. The van der Waals surface area contributed by atoms with Crippen molar-refractivity contribution in [3.8, 4) is 11.5 Å². The Kier molecular flexibility index (Phi) is 5.32. The molecule has 130 valence electrons. The van der Waals surface area contributed by atoms with Gasteiger partial charge in [0, 0.05) is 19.3 Å². The summed E-state index contributed by atoms with van der Waals surface area (Å²) >= 11 is 0. The van der Waals surface area contributed by atoms with Crippen LogP contribution in [0.25, 0.3) is 0 Å². The van der Waals surface area contributed by atoms with Gasteiger partial charge in [-0.05, 0) is 31.5 Å². The average molecular weight is 332 g/mol. The topological polar surface area (TPSA) is 72.6 Å². The Bertz CT molecular complexity index is 635. The van der Waals surface area contributed by atoms with Crippen molar-refractivity contribution >= 4 is 0 Å². The molecule has 1 saturated heterocycles. The third kappa shape index (κ3) is 4.24. The molecule has 24 heavy (non-hydrogen) atoms. The zero-order chi connectivity index (χ0) is 16.8. The van der Waals surface area contributed by atoms with E-state index in [-0.39, 0.29) is 0 Å². The second kappa shape index (κ2) is 7.63. The van der Waals surface area contributed by atoms with Crippen LogP contribution in [0.3, 0.4) is 0 Å². The SMILES string of the molecule is COc1ccccc1OCCN1CCCC(O)(Cn2ccnn2)C1. The lowest BCUT2D eigenvalue weighted by Crippen LogP contribution is -2.51. The number of nitrogens with zero attached hydrogens (tertiary/aromatic N) is 4. The summed E-state index contributed by atoms with van der Waals surface area (Å²) in [6, 6.07) is 7.62. The van der Waals surface area contributed by atoms with Crippen molar-refractivity contribution in [1.82, 2.24) is 19.9 Å². The van der Waals surface area contributed by atoms with Gasteiger partial charge in [-0.3, -0.25) is 4.90 Å². The van der Waals surface area contributed by atoms with Gasteiger partial charge >= 0.3 is 0 Å². The second-order valence-electron chi connectivity index (χ2n) is 6.20. The maximum Gasteiger partial charge on any atom is 0.161 e. The van der Waals surface area contributed by atoms with Gasteiger partial charge in [0.2, 0.25) is 0 Å². The van der Waals surface area contributed by atoms with E-state index in [9.17, 15) is 5.11 Å². The number of likely N-dealkylation sites (tertiary alicyclic amines) is 1. The molecule has 1 fully saturated rings. The van der Waals surface area contributed by atoms with Crippen molar-refractivity contribution in [2.45, 2.75) is 25.0 Å². The Labute approximate surface area is 141 Å². The predicted molar refractivity (Wildman–Crippen MR) is 89.1 cm³/mol. The van der Waals surface area contributed by atoms with Crippen LogP contribution in [0.15, 0.2) is 36.7 Å². The fourth-order valence-corrected chi connectivity index (χ4v) is 3.17. The van der Waals surface area contributed by atoms with E-state index in [1.54, 1.807) is 24.2 Å². The van der Waals surface area contributed by atoms with Gasteiger partial charge in [0.05, 0.1) is 25.5 Å². The predicted octanol–water partition coefficient (Wildman–Crippen LogP) is 1.19. The van der Waals surface area contributed by atoms with Gasteiger partial charge in [0.1, 0.15) is 6.61 Å². The number of hydrogen-bond donors (Lipinski definition) is 1. The van der Waals surface area contributed by atoms with E-state index in [2.05, 4.69) is 15.2 Å². The van der Waals surface area contributed by atoms with Crippen molar-refractivity contribution in [2.75, 3.05) is 33.4 Å². The largest absolute Gasteiger partial charge is 0.493 e. The normalized spacial score (nSPS) is 21.6. The number of β-amino-alcohol motifs (C(OH)–C–C–N with tert-alkyl or cyclic N) is 1. The molecule has 7 nitrogen and oxygen atoms in total. The third-order valence-electron chi connectivity index (χ3n) is 4.30. The highest BCUT2D eigenvalue weighted by Gasteiger charge is 2.33.